The van der Waals surface area contributed by atoms with E-state index in [1.807, 2.05) is 25.1 Å². The van der Waals surface area contributed by atoms with E-state index in [-0.39, 0.29) is 11.6 Å². The van der Waals surface area contributed by atoms with Crippen molar-refractivity contribution in [2.24, 2.45) is 0 Å². The highest BCUT2D eigenvalue weighted by Gasteiger charge is 2.17. The summed E-state index contributed by atoms with van der Waals surface area (Å²) in [7, 11) is 0. The van der Waals surface area contributed by atoms with Crippen molar-refractivity contribution in [2.75, 3.05) is 6.54 Å². The Hall–Kier alpha value is -2.41. The van der Waals surface area contributed by atoms with E-state index in [9.17, 15) is 9.59 Å². The number of carbonyl (C=O) groups is 2. The Morgan fingerprint density at radius 1 is 1.31 bits per heavy atom. The van der Waals surface area contributed by atoms with Gasteiger partial charge in [0.1, 0.15) is 5.75 Å². The van der Waals surface area contributed by atoms with E-state index in [0.29, 0.717) is 23.9 Å². The van der Waals surface area contributed by atoms with Crippen LogP contribution in [0.2, 0.25) is 0 Å². The number of aryl methyl sites for hydroxylation is 1. The third kappa shape index (κ3) is 5.29. The Bertz CT molecular complexity index is 786. The minimum atomic E-state index is -1.04. The Morgan fingerprint density at radius 2 is 2.04 bits per heavy atom. The number of rotatable bonds is 8. The van der Waals surface area contributed by atoms with Crippen LogP contribution in [0.25, 0.3) is 0 Å². The Kier molecular flexibility index (Phi) is 6.74. The normalized spacial score (nSPS) is 12.0. The summed E-state index contributed by atoms with van der Waals surface area (Å²) in [6.07, 6.45) is -0.141. The van der Waals surface area contributed by atoms with Crippen LogP contribution in [0, 0.1) is 6.92 Å². The predicted octanol–water partition coefficient (Wildman–Crippen LogP) is 3.40. The van der Waals surface area contributed by atoms with Crippen LogP contribution in [0.5, 0.6) is 5.75 Å². The molecule has 2 N–H and O–H groups in total. The molecule has 0 fully saturated rings. The number of carbonyl (C=O) groups excluding carboxylic acids is 1. The number of aromatic nitrogens is 1. The molecular formula is C19H24N2O4S. The van der Waals surface area contributed by atoms with E-state index in [2.05, 4.69) is 24.1 Å². The van der Waals surface area contributed by atoms with Gasteiger partial charge in [-0.15, -0.1) is 11.3 Å². The van der Waals surface area contributed by atoms with Crippen molar-refractivity contribution in [2.45, 2.75) is 46.1 Å². The first kappa shape index (κ1) is 19.9. The van der Waals surface area contributed by atoms with Crippen molar-refractivity contribution in [3.63, 3.8) is 0 Å². The van der Waals surface area contributed by atoms with Crippen LogP contribution >= 0.6 is 11.3 Å². The molecule has 0 saturated heterocycles. The highest BCUT2D eigenvalue weighted by atomic mass is 32.1. The average Bonchev–Trinajstić information content (AvgIpc) is 3.03. The maximum absolute atomic E-state index is 12.3. The number of carboxylic acids is 1. The van der Waals surface area contributed by atoms with Crippen LogP contribution in [0.15, 0.2) is 23.6 Å². The fourth-order valence-corrected chi connectivity index (χ4v) is 3.20. The summed E-state index contributed by atoms with van der Waals surface area (Å²) in [5, 5.41) is 13.8. The second-order valence-corrected chi connectivity index (χ2v) is 7.37. The molecule has 6 nitrogen and oxygen atoms in total. The van der Waals surface area contributed by atoms with E-state index in [4.69, 9.17) is 9.84 Å². The summed E-state index contributed by atoms with van der Waals surface area (Å²) < 4.78 is 5.88. The standard InChI is InChI=1S/C19H24N2O4S/c1-11(2)14-6-5-12(3)9-16(14)25-13(4)18(22)20-8-7-17-21-15(10-26-17)19(23)24/h5-6,9-11,13H,7-8H2,1-4H3,(H,20,22)(H,23,24). The maximum Gasteiger partial charge on any atom is 0.355 e. The summed E-state index contributed by atoms with van der Waals surface area (Å²) in [4.78, 5) is 27.1. The van der Waals surface area contributed by atoms with Gasteiger partial charge >= 0.3 is 5.97 Å². The number of nitrogens with zero attached hydrogens (tertiary/aromatic N) is 1. The molecule has 2 aromatic rings. The lowest BCUT2D eigenvalue weighted by atomic mass is 10.0. The second kappa shape index (κ2) is 8.80. The van der Waals surface area contributed by atoms with Gasteiger partial charge in [-0.25, -0.2) is 9.78 Å². The highest BCUT2D eigenvalue weighted by Crippen LogP contribution is 2.28. The number of nitrogens with one attached hydrogen (secondary N) is 1. The molecule has 0 aliphatic rings. The lowest BCUT2D eigenvalue weighted by Gasteiger charge is -2.19. The zero-order chi connectivity index (χ0) is 19.3. The van der Waals surface area contributed by atoms with Crippen molar-refractivity contribution in [1.29, 1.82) is 0 Å². The Morgan fingerprint density at radius 3 is 2.65 bits per heavy atom. The SMILES string of the molecule is Cc1ccc(C(C)C)c(OC(C)C(=O)NCCc2nc(C(=O)O)cs2)c1. The van der Waals surface area contributed by atoms with Crippen LogP contribution in [-0.4, -0.2) is 34.6 Å². The number of amides is 1. The molecule has 7 heteroatoms. The highest BCUT2D eigenvalue weighted by molar-refractivity contribution is 7.09. The molecular weight excluding hydrogens is 352 g/mol. The first-order valence-electron chi connectivity index (χ1n) is 8.50. The number of thiazole rings is 1. The molecule has 0 aliphatic heterocycles. The second-order valence-electron chi connectivity index (χ2n) is 6.43. The van der Waals surface area contributed by atoms with Crippen LogP contribution in [0.4, 0.5) is 0 Å². The summed E-state index contributed by atoms with van der Waals surface area (Å²) in [5.74, 6) is -0.225. The topological polar surface area (TPSA) is 88.5 Å². The lowest BCUT2D eigenvalue weighted by molar-refractivity contribution is -0.127. The molecule has 0 aliphatic carbocycles. The van der Waals surface area contributed by atoms with Crippen LogP contribution in [-0.2, 0) is 11.2 Å². The van der Waals surface area contributed by atoms with Crippen molar-refractivity contribution >= 4 is 23.2 Å². The molecule has 0 spiro atoms. The minimum absolute atomic E-state index is 0.0358. The van der Waals surface area contributed by atoms with Gasteiger partial charge in [0.05, 0.1) is 5.01 Å². The lowest BCUT2D eigenvalue weighted by Crippen LogP contribution is -2.37. The third-order valence-corrected chi connectivity index (χ3v) is 4.78. The third-order valence-electron chi connectivity index (χ3n) is 3.87. The Balaban J connectivity index is 1.89. The fourth-order valence-electron chi connectivity index (χ4n) is 2.42. The van der Waals surface area contributed by atoms with Crippen LogP contribution < -0.4 is 10.1 Å². The fraction of sp³-hybridized carbons (Fsp3) is 0.421. The van der Waals surface area contributed by atoms with Crippen LogP contribution in [0.3, 0.4) is 0 Å². The number of carboxylic acid groups (broad SMARTS) is 1. The maximum atomic E-state index is 12.3. The number of aromatic carboxylic acids is 1. The van der Waals surface area contributed by atoms with Crippen LogP contribution in [0.1, 0.15) is 53.3 Å². The average molecular weight is 376 g/mol. The molecule has 1 aromatic heterocycles. The van der Waals surface area contributed by atoms with Gasteiger partial charge in [0, 0.05) is 18.3 Å². The first-order chi connectivity index (χ1) is 12.3. The molecule has 1 atom stereocenters. The van der Waals surface area contributed by atoms with Gasteiger partial charge in [0.2, 0.25) is 0 Å². The minimum Gasteiger partial charge on any atom is -0.481 e. The van der Waals surface area contributed by atoms with Crippen molar-refractivity contribution in [3.8, 4) is 5.75 Å². The molecule has 0 saturated carbocycles. The molecule has 140 valence electrons. The van der Waals surface area contributed by atoms with Crippen molar-refractivity contribution in [1.82, 2.24) is 10.3 Å². The number of hydrogen-bond acceptors (Lipinski definition) is 5. The predicted molar refractivity (Wildman–Crippen MR) is 101 cm³/mol. The molecule has 2 rings (SSSR count). The summed E-state index contributed by atoms with van der Waals surface area (Å²) in [6.45, 7) is 8.25. The molecule has 0 bridgehead atoms. The largest absolute Gasteiger partial charge is 0.481 e. The van der Waals surface area contributed by atoms with Gasteiger partial charge in [-0.2, -0.15) is 0 Å². The van der Waals surface area contributed by atoms with Gasteiger partial charge in [-0.3, -0.25) is 4.79 Å². The zero-order valence-corrected chi connectivity index (χ0v) is 16.2. The smallest absolute Gasteiger partial charge is 0.355 e. The molecule has 1 amide bonds. The van der Waals surface area contributed by atoms with Gasteiger partial charge in [-0.1, -0.05) is 26.0 Å². The molecule has 1 aromatic carbocycles. The van der Waals surface area contributed by atoms with E-state index >= 15 is 0 Å². The first-order valence-corrected chi connectivity index (χ1v) is 9.38. The summed E-state index contributed by atoms with van der Waals surface area (Å²) in [6, 6.07) is 6.01. The number of hydrogen-bond donors (Lipinski definition) is 2. The number of ether oxygens (including phenoxy) is 1. The quantitative estimate of drug-likeness (QED) is 0.737. The van der Waals surface area contributed by atoms with Gasteiger partial charge in [0.15, 0.2) is 11.8 Å². The molecule has 0 radical (unpaired) electrons. The van der Waals surface area contributed by atoms with Gasteiger partial charge in [-0.05, 0) is 37.0 Å². The number of benzene rings is 1. The monoisotopic (exact) mass is 376 g/mol. The van der Waals surface area contributed by atoms with E-state index in [1.54, 1.807) is 6.92 Å². The summed E-state index contributed by atoms with van der Waals surface area (Å²) >= 11 is 1.27. The molecule has 26 heavy (non-hydrogen) atoms. The van der Waals surface area contributed by atoms with Gasteiger partial charge < -0.3 is 15.2 Å². The van der Waals surface area contributed by atoms with E-state index < -0.39 is 12.1 Å². The van der Waals surface area contributed by atoms with E-state index in [1.165, 1.54) is 16.7 Å². The van der Waals surface area contributed by atoms with Gasteiger partial charge in [0.25, 0.3) is 5.91 Å². The molecule has 1 unspecified atom stereocenters. The van der Waals surface area contributed by atoms with E-state index in [0.717, 1.165) is 16.9 Å². The zero-order valence-electron chi connectivity index (χ0n) is 15.4. The van der Waals surface area contributed by atoms with Crippen molar-refractivity contribution in [3.05, 3.63) is 45.4 Å². The summed E-state index contributed by atoms with van der Waals surface area (Å²) in [5.41, 5.74) is 2.18. The Labute approximate surface area is 157 Å². The molecule has 1 heterocycles. The van der Waals surface area contributed by atoms with Crippen molar-refractivity contribution < 1.29 is 19.4 Å².